The van der Waals surface area contributed by atoms with Crippen LogP contribution in [-0.4, -0.2) is 25.3 Å². The van der Waals surface area contributed by atoms with Crippen molar-refractivity contribution < 1.29 is 8.42 Å². The van der Waals surface area contributed by atoms with Crippen molar-refractivity contribution in [1.29, 1.82) is 0 Å². The minimum atomic E-state index is -3.38. The molecule has 1 aliphatic rings. The van der Waals surface area contributed by atoms with E-state index in [0.29, 0.717) is 11.4 Å². The van der Waals surface area contributed by atoms with Gasteiger partial charge in [0.2, 0.25) is 10.0 Å². The fraction of sp³-hybridized carbons (Fsp3) is 0.625. The molecular weight excluding hydrogens is 270 g/mol. The zero-order chi connectivity index (χ0) is 15.0. The van der Waals surface area contributed by atoms with Gasteiger partial charge in [0.1, 0.15) is 0 Å². The second-order valence-corrected chi connectivity index (χ2v) is 8.52. The average molecular weight is 295 g/mol. The highest BCUT2D eigenvalue weighted by atomic mass is 32.2. The van der Waals surface area contributed by atoms with E-state index < -0.39 is 10.0 Å². The minimum absolute atomic E-state index is 0.0590. The zero-order valence-corrected chi connectivity index (χ0v) is 13.7. The van der Waals surface area contributed by atoms with E-state index in [1.807, 2.05) is 19.1 Å². The SMILES string of the molecule is CCC1CCC(C)(C)CN1S(=O)(=O)c1ccc(C)cc1. The number of sulfonamides is 1. The molecule has 0 radical (unpaired) electrons. The molecule has 1 aromatic rings. The van der Waals surface area contributed by atoms with Crippen molar-refractivity contribution in [2.45, 2.75) is 57.9 Å². The van der Waals surface area contributed by atoms with Gasteiger partial charge in [-0.1, -0.05) is 38.5 Å². The first-order valence-electron chi connectivity index (χ1n) is 7.35. The molecule has 1 atom stereocenters. The van der Waals surface area contributed by atoms with Gasteiger partial charge in [-0.15, -0.1) is 0 Å². The Morgan fingerprint density at radius 3 is 2.40 bits per heavy atom. The normalized spacial score (nSPS) is 23.7. The molecule has 0 aliphatic carbocycles. The Bertz CT molecular complexity index is 561. The van der Waals surface area contributed by atoms with Crippen LogP contribution in [0.4, 0.5) is 0 Å². The third kappa shape index (κ3) is 3.07. The van der Waals surface area contributed by atoms with Crippen LogP contribution in [0.5, 0.6) is 0 Å². The smallest absolute Gasteiger partial charge is 0.207 e. The van der Waals surface area contributed by atoms with Crippen LogP contribution in [0.15, 0.2) is 29.2 Å². The van der Waals surface area contributed by atoms with Crippen LogP contribution in [0.2, 0.25) is 0 Å². The van der Waals surface area contributed by atoms with E-state index in [9.17, 15) is 8.42 Å². The lowest BCUT2D eigenvalue weighted by atomic mass is 9.82. The van der Waals surface area contributed by atoms with E-state index in [-0.39, 0.29) is 11.5 Å². The number of nitrogens with zero attached hydrogens (tertiary/aromatic N) is 1. The molecule has 1 saturated heterocycles. The van der Waals surface area contributed by atoms with E-state index >= 15 is 0 Å². The fourth-order valence-electron chi connectivity index (χ4n) is 2.87. The van der Waals surface area contributed by atoms with Gasteiger partial charge in [0.15, 0.2) is 0 Å². The molecule has 2 rings (SSSR count). The molecule has 112 valence electrons. The van der Waals surface area contributed by atoms with Crippen molar-refractivity contribution in [2.24, 2.45) is 5.41 Å². The van der Waals surface area contributed by atoms with Gasteiger partial charge in [0.05, 0.1) is 4.90 Å². The first kappa shape index (κ1) is 15.5. The third-order valence-electron chi connectivity index (χ3n) is 4.24. The summed E-state index contributed by atoms with van der Waals surface area (Å²) in [6.07, 6.45) is 2.92. The van der Waals surface area contributed by atoms with Gasteiger partial charge < -0.3 is 0 Å². The Morgan fingerprint density at radius 1 is 1.25 bits per heavy atom. The zero-order valence-electron chi connectivity index (χ0n) is 12.9. The molecule has 4 heteroatoms. The molecule has 1 aromatic carbocycles. The summed E-state index contributed by atoms with van der Waals surface area (Å²) in [5.41, 5.74) is 1.14. The topological polar surface area (TPSA) is 37.4 Å². The van der Waals surface area contributed by atoms with Gasteiger partial charge in [-0.2, -0.15) is 4.31 Å². The molecule has 0 amide bonds. The van der Waals surface area contributed by atoms with Gasteiger partial charge in [-0.25, -0.2) is 8.42 Å². The Balaban J connectivity index is 2.37. The highest BCUT2D eigenvalue weighted by molar-refractivity contribution is 7.89. The molecule has 0 spiro atoms. The van der Waals surface area contributed by atoms with Crippen LogP contribution < -0.4 is 0 Å². The molecule has 0 aromatic heterocycles. The van der Waals surface area contributed by atoms with Crippen molar-refractivity contribution in [3.63, 3.8) is 0 Å². The Morgan fingerprint density at radius 2 is 1.85 bits per heavy atom. The lowest BCUT2D eigenvalue weighted by Crippen LogP contribution is -2.49. The number of aryl methyl sites for hydroxylation is 1. The van der Waals surface area contributed by atoms with Crippen molar-refractivity contribution >= 4 is 10.0 Å². The minimum Gasteiger partial charge on any atom is -0.207 e. The summed E-state index contributed by atoms with van der Waals surface area (Å²) in [4.78, 5) is 0.416. The quantitative estimate of drug-likeness (QED) is 0.854. The van der Waals surface area contributed by atoms with Gasteiger partial charge in [0.25, 0.3) is 0 Å². The number of benzene rings is 1. The largest absolute Gasteiger partial charge is 0.243 e. The van der Waals surface area contributed by atoms with E-state index in [2.05, 4.69) is 20.8 Å². The van der Waals surface area contributed by atoms with E-state index in [0.717, 1.165) is 24.8 Å². The van der Waals surface area contributed by atoms with Crippen molar-refractivity contribution in [3.05, 3.63) is 29.8 Å². The monoisotopic (exact) mass is 295 g/mol. The van der Waals surface area contributed by atoms with Crippen molar-refractivity contribution in [3.8, 4) is 0 Å². The molecule has 0 saturated carbocycles. The van der Waals surface area contributed by atoms with Crippen molar-refractivity contribution in [2.75, 3.05) is 6.54 Å². The summed E-state index contributed by atoms with van der Waals surface area (Å²) in [6, 6.07) is 7.30. The molecular formula is C16H25NO2S. The number of hydrogen-bond donors (Lipinski definition) is 0. The van der Waals surface area contributed by atoms with Crippen LogP contribution in [-0.2, 0) is 10.0 Å². The maximum Gasteiger partial charge on any atom is 0.243 e. The van der Waals surface area contributed by atoms with Crippen LogP contribution in [0.25, 0.3) is 0 Å². The highest BCUT2D eigenvalue weighted by Crippen LogP contribution is 2.36. The van der Waals surface area contributed by atoms with Gasteiger partial charge in [0, 0.05) is 12.6 Å². The number of piperidine rings is 1. The lowest BCUT2D eigenvalue weighted by molar-refractivity contribution is 0.132. The molecule has 0 N–H and O–H groups in total. The van der Waals surface area contributed by atoms with Gasteiger partial charge in [-0.05, 0) is 43.7 Å². The average Bonchev–Trinajstić information content (AvgIpc) is 2.38. The standard InChI is InChI=1S/C16H25NO2S/c1-5-14-10-11-16(3,4)12-17(14)20(18,19)15-8-6-13(2)7-9-15/h6-9,14H,5,10-12H2,1-4H3. The summed E-state index contributed by atoms with van der Waals surface area (Å²) < 4.78 is 27.5. The Kier molecular flexibility index (Phi) is 4.26. The molecule has 1 aliphatic heterocycles. The summed E-state index contributed by atoms with van der Waals surface area (Å²) in [5.74, 6) is 0. The highest BCUT2D eigenvalue weighted by Gasteiger charge is 2.39. The lowest BCUT2D eigenvalue weighted by Gasteiger charge is -2.42. The van der Waals surface area contributed by atoms with E-state index in [1.165, 1.54) is 0 Å². The maximum atomic E-state index is 12.9. The summed E-state index contributed by atoms with van der Waals surface area (Å²) in [5, 5.41) is 0. The van der Waals surface area contributed by atoms with Crippen LogP contribution in [0.3, 0.4) is 0 Å². The molecule has 1 fully saturated rings. The number of hydrogen-bond acceptors (Lipinski definition) is 2. The molecule has 1 heterocycles. The summed E-state index contributed by atoms with van der Waals surface area (Å²) in [6.45, 7) is 8.95. The van der Waals surface area contributed by atoms with Crippen LogP contribution in [0.1, 0.15) is 45.6 Å². The number of rotatable bonds is 3. The van der Waals surface area contributed by atoms with Crippen LogP contribution >= 0.6 is 0 Å². The first-order chi connectivity index (χ1) is 9.26. The third-order valence-corrected chi connectivity index (χ3v) is 6.16. The first-order valence-corrected chi connectivity index (χ1v) is 8.79. The summed E-state index contributed by atoms with van der Waals surface area (Å²) in [7, 11) is -3.38. The predicted molar refractivity (Wildman–Crippen MR) is 82.2 cm³/mol. The maximum absolute atomic E-state index is 12.9. The Hall–Kier alpha value is -0.870. The van der Waals surface area contributed by atoms with E-state index in [4.69, 9.17) is 0 Å². The fourth-order valence-corrected chi connectivity index (χ4v) is 4.78. The second kappa shape index (κ2) is 5.49. The molecule has 3 nitrogen and oxygen atoms in total. The molecule has 0 bridgehead atoms. The van der Waals surface area contributed by atoms with E-state index in [1.54, 1.807) is 16.4 Å². The van der Waals surface area contributed by atoms with Gasteiger partial charge >= 0.3 is 0 Å². The predicted octanol–water partition coefficient (Wildman–Crippen LogP) is 3.58. The van der Waals surface area contributed by atoms with Gasteiger partial charge in [-0.3, -0.25) is 0 Å². The molecule has 1 unspecified atom stereocenters. The Labute approximate surface area is 123 Å². The van der Waals surface area contributed by atoms with Crippen LogP contribution in [0, 0.1) is 12.3 Å². The second-order valence-electron chi connectivity index (χ2n) is 6.63. The van der Waals surface area contributed by atoms with Crippen molar-refractivity contribution in [1.82, 2.24) is 4.31 Å². The summed E-state index contributed by atoms with van der Waals surface area (Å²) >= 11 is 0. The molecule has 20 heavy (non-hydrogen) atoms.